The molecule has 0 fully saturated rings. The van der Waals surface area contributed by atoms with Gasteiger partial charge in [-0.1, -0.05) is 42.1 Å². The van der Waals surface area contributed by atoms with Gasteiger partial charge in [0, 0.05) is 29.3 Å². The average molecular weight is 529 g/mol. The number of hydrogen-bond donors (Lipinski definition) is 2. The second-order valence-corrected chi connectivity index (χ2v) is 8.61. The van der Waals surface area contributed by atoms with E-state index >= 15 is 0 Å². The van der Waals surface area contributed by atoms with Gasteiger partial charge in [0.05, 0.1) is 17.0 Å². The summed E-state index contributed by atoms with van der Waals surface area (Å²) in [6.45, 7) is -0.0671. The van der Waals surface area contributed by atoms with Gasteiger partial charge in [0.25, 0.3) is 5.69 Å². The van der Waals surface area contributed by atoms with E-state index in [1.165, 1.54) is 23.9 Å². The van der Waals surface area contributed by atoms with Gasteiger partial charge in [-0.2, -0.15) is 13.2 Å². The number of nitrogens with one attached hydrogen (secondary N) is 2. The smallest absolute Gasteiger partial charge is 0.331 e. The van der Waals surface area contributed by atoms with Gasteiger partial charge in [0.1, 0.15) is 0 Å². The molecule has 2 N–H and O–H groups in total. The molecule has 0 saturated carbocycles. The number of amides is 2. The number of urea groups is 1. The Morgan fingerprint density at radius 1 is 0.973 bits per heavy atom. The minimum absolute atomic E-state index is 0.0671. The number of nitro groups is 1. The normalized spacial score (nSPS) is 11.2. The lowest BCUT2D eigenvalue weighted by Crippen LogP contribution is -2.29. The molecule has 9 nitrogen and oxygen atoms in total. The number of anilines is 1. The molecular weight excluding hydrogens is 509 g/mol. The Kier molecular flexibility index (Phi) is 7.72. The van der Waals surface area contributed by atoms with Crippen LogP contribution >= 0.6 is 11.8 Å². The summed E-state index contributed by atoms with van der Waals surface area (Å²) in [7, 11) is 0. The van der Waals surface area contributed by atoms with Crippen molar-refractivity contribution in [2.45, 2.75) is 23.6 Å². The van der Waals surface area contributed by atoms with Crippen molar-refractivity contribution in [2.75, 3.05) is 5.32 Å². The zero-order chi connectivity index (χ0) is 26.4. The fraction of sp³-hybridized carbons (Fsp3) is 0.125. The lowest BCUT2D eigenvalue weighted by Gasteiger charge is -2.12. The summed E-state index contributed by atoms with van der Waals surface area (Å²) in [5.41, 5.74) is 0.898. The van der Waals surface area contributed by atoms with Crippen molar-refractivity contribution in [3.05, 3.63) is 106 Å². The summed E-state index contributed by atoms with van der Waals surface area (Å²) in [6.07, 6.45) is -4.47. The number of non-ortho nitro benzene ring substituents is 1. The summed E-state index contributed by atoms with van der Waals surface area (Å²) < 4.78 is 39.9. The third kappa shape index (κ3) is 6.64. The summed E-state index contributed by atoms with van der Waals surface area (Å²) >= 11 is 1.40. The van der Waals surface area contributed by atoms with Crippen LogP contribution in [0.15, 0.2) is 84.0 Å². The van der Waals surface area contributed by atoms with Gasteiger partial charge in [-0.3, -0.25) is 14.7 Å². The van der Waals surface area contributed by atoms with Gasteiger partial charge in [0.2, 0.25) is 0 Å². The predicted octanol–water partition coefficient (Wildman–Crippen LogP) is 5.81. The van der Waals surface area contributed by atoms with Crippen LogP contribution < -0.4 is 10.6 Å². The topological polar surface area (TPSA) is 115 Å². The van der Waals surface area contributed by atoms with E-state index in [9.17, 15) is 28.1 Å². The van der Waals surface area contributed by atoms with Crippen LogP contribution in [0.25, 0.3) is 5.69 Å². The standard InChI is InChI=1S/C24H19F3N6O3S/c25-24(26,27)17-6-8-18(9-7-17)29-22(34)28-14-21-30-31-23(37-15-16-4-2-1-3-5-16)32(21)19-10-12-20(13-11-19)33(35)36/h1-13H,14-15H2,(H2,28,29,34). The first kappa shape index (κ1) is 25.7. The lowest BCUT2D eigenvalue weighted by atomic mass is 10.2. The van der Waals surface area contributed by atoms with Crippen molar-refractivity contribution in [1.82, 2.24) is 20.1 Å². The Morgan fingerprint density at radius 2 is 1.65 bits per heavy atom. The highest BCUT2D eigenvalue weighted by Gasteiger charge is 2.30. The van der Waals surface area contributed by atoms with Crippen LogP contribution in [-0.2, 0) is 18.5 Å². The van der Waals surface area contributed by atoms with Gasteiger partial charge >= 0.3 is 12.2 Å². The molecule has 0 unspecified atom stereocenters. The molecule has 2 amide bonds. The number of carbonyl (C=O) groups is 1. The van der Waals surface area contributed by atoms with E-state index in [1.807, 2.05) is 30.3 Å². The van der Waals surface area contributed by atoms with Gasteiger partial charge in [-0.15, -0.1) is 10.2 Å². The van der Waals surface area contributed by atoms with Crippen molar-refractivity contribution >= 4 is 29.2 Å². The van der Waals surface area contributed by atoms with E-state index < -0.39 is 22.7 Å². The molecule has 0 aliphatic carbocycles. The highest BCUT2D eigenvalue weighted by molar-refractivity contribution is 7.98. The van der Waals surface area contributed by atoms with Crippen LogP contribution in [0.3, 0.4) is 0 Å². The van der Waals surface area contributed by atoms with Crippen LogP contribution in [0.1, 0.15) is 17.0 Å². The number of carbonyl (C=O) groups excluding carboxylic acids is 1. The van der Waals surface area contributed by atoms with Crippen molar-refractivity contribution in [1.29, 1.82) is 0 Å². The van der Waals surface area contributed by atoms with Crippen molar-refractivity contribution < 1.29 is 22.9 Å². The van der Waals surface area contributed by atoms with Crippen molar-refractivity contribution in [3.63, 3.8) is 0 Å². The molecule has 0 atom stereocenters. The molecule has 0 aliphatic rings. The van der Waals surface area contributed by atoms with Crippen LogP contribution in [0.2, 0.25) is 0 Å². The maximum absolute atomic E-state index is 12.7. The largest absolute Gasteiger partial charge is 0.416 e. The molecule has 4 aromatic rings. The number of thioether (sulfide) groups is 1. The minimum Gasteiger partial charge on any atom is -0.331 e. The Bertz CT molecular complexity index is 1380. The Morgan fingerprint density at radius 3 is 2.27 bits per heavy atom. The lowest BCUT2D eigenvalue weighted by molar-refractivity contribution is -0.384. The van der Waals surface area contributed by atoms with Crippen LogP contribution in [0.4, 0.5) is 29.3 Å². The zero-order valence-corrected chi connectivity index (χ0v) is 19.8. The molecule has 4 rings (SSSR count). The Labute approximate surface area is 212 Å². The first-order valence-corrected chi connectivity index (χ1v) is 11.8. The summed E-state index contributed by atoms with van der Waals surface area (Å²) in [4.78, 5) is 22.9. The van der Waals surface area contributed by atoms with E-state index in [4.69, 9.17) is 0 Å². The van der Waals surface area contributed by atoms with E-state index in [0.29, 0.717) is 22.4 Å². The predicted molar refractivity (Wildman–Crippen MR) is 131 cm³/mol. The molecular formula is C24H19F3N6O3S. The number of nitrogens with zero attached hydrogens (tertiary/aromatic N) is 4. The summed E-state index contributed by atoms with van der Waals surface area (Å²) in [5, 5.41) is 25.0. The number of alkyl halides is 3. The number of nitro benzene ring substituents is 1. The van der Waals surface area contributed by atoms with E-state index in [2.05, 4.69) is 20.8 Å². The number of benzene rings is 3. The van der Waals surface area contributed by atoms with Gasteiger partial charge in [0.15, 0.2) is 11.0 Å². The third-order valence-electron chi connectivity index (χ3n) is 5.11. The van der Waals surface area contributed by atoms with E-state index in [-0.39, 0.29) is 17.9 Å². The van der Waals surface area contributed by atoms with Crippen LogP contribution in [0.5, 0.6) is 0 Å². The zero-order valence-electron chi connectivity index (χ0n) is 19.0. The monoisotopic (exact) mass is 528 g/mol. The third-order valence-corrected chi connectivity index (χ3v) is 6.11. The Hall–Kier alpha value is -4.39. The van der Waals surface area contributed by atoms with Crippen molar-refractivity contribution in [2.24, 2.45) is 0 Å². The Balaban J connectivity index is 1.50. The fourth-order valence-corrected chi connectivity index (χ4v) is 4.22. The average Bonchev–Trinajstić information content (AvgIpc) is 3.29. The van der Waals surface area contributed by atoms with Gasteiger partial charge < -0.3 is 10.6 Å². The maximum Gasteiger partial charge on any atom is 0.416 e. The second kappa shape index (κ2) is 11.1. The molecule has 3 aromatic carbocycles. The molecule has 0 aliphatic heterocycles. The minimum atomic E-state index is -4.47. The molecule has 0 saturated heterocycles. The highest BCUT2D eigenvalue weighted by Crippen LogP contribution is 2.30. The number of hydrogen-bond acceptors (Lipinski definition) is 6. The first-order valence-electron chi connectivity index (χ1n) is 10.8. The number of halogens is 3. The van der Waals surface area contributed by atoms with Crippen LogP contribution in [0, 0.1) is 10.1 Å². The molecule has 1 aromatic heterocycles. The molecule has 37 heavy (non-hydrogen) atoms. The molecule has 1 heterocycles. The van der Waals surface area contributed by atoms with E-state index in [1.54, 1.807) is 16.7 Å². The molecule has 0 bridgehead atoms. The summed E-state index contributed by atoms with van der Waals surface area (Å²) in [5.74, 6) is 0.945. The molecule has 0 spiro atoms. The quantitative estimate of drug-likeness (QED) is 0.170. The van der Waals surface area contributed by atoms with Crippen molar-refractivity contribution in [3.8, 4) is 5.69 Å². The molecule has 13 heteroatoms. The summed E-state index contributed by atoms with van der Waals surface area (Å²) in [6, 6.07) is 18.9. The SMILES string of the molecule is O=C(NCc1nnc(SCc2ccccc2)n1-c1ccc([N+](=O)[O-])cc1)Nc1ccc(C(F)(F)F)cc1. The first-order chi connectivity index (χ1) is 17.7. The van der Waals surface area contributed by atoms with Gasteiger partial charge in [-0.25, -0.2) is 4.79 Å². The fourth-order valence-electron chi connectivity index (χ4n) is 3.29. The molecule has 190 valence electrons. The number of rotatable bonds is 8. The second-order valence-electron chi connectivity index (χ2n) is 7.66. The van der Waals surface area contributed by atoms with Crippen LogP contribution in [-0.4, -0.2) is 25.7 Å². The van der Waals surface area contributed by atoms with E-state index in [0.717, 1.165) is 29.8 Å². The molecule has 0 radical (unpaired) electrons. The highest BCUT2D eigenvalue weighted by atomic mass is 32.2. The maximum atomic E-state index is 12.7. The number of aromatic nitrogens is 3. The van der Waals surface area contributed by atoms with Gasteiger partial charge in [-0.05, 0) is 42.0 Å².